The van der Waals surface area contributed by atoms with E-state index in [0.717, 1.165) is 11.5 Å². The molecule has 0 aromatic carbocycles. The van der Waals surface area contributed by atoms with Crippen LogP contribution in [0.15, 0.2) is 0 Å². The lowest BCUT2D eigenvalue weighted by atomic mass is 10.1. The summed E-state index contributed by atoms with van der Waals surface area (Å²) >= 11 is 0.976. The fourth-order valence-corrected chi connectivity index (χ4v) is 1.08. The van der Waals surface area contributed by atoms with Gasteiger partial charge >= 0.3 is 0 Å². The highest BCUT2D eigenvalue weighted by Crippen LogP contribution is 2.08. The summed E-state index contributed by atoms with van der Waals surface area (Å²) in [5.41, 5.74) is 0. The molecule has 13 heavy (non-hydrogen) atoms. The molecule has 1 amide bonds. The van der Waals surface area contributed by atoms with E-state index in [9.17, 15) is 4.79 Å². The van der Waals surface area contributed by atoms with E-state index >= 15 is 0 Å². The molecule has 0 saturated carbocycles. The Balaban J connectivity index is 2.56. The summed E-state index contributed by atoms with van der Waals surface area (Å²) in [4.78, 5) is 11.3. The number of carbonyl (C=O) groups excluding carboxylic acids is 1. The Kier molecular flexibility index (Phi) is 3.28. The minimum Gasteiger partial charge on any atom is -0.298 e. The molecule has 0 fully saturated rings. The maximum atomic E-state index is 11.3. The Hall–Kier alpha value is -1.55. The number of hydrogen-bond donors (Lipinski definition) is 1. The lowest BCUT2D eigenvalue weighted by Gasteiger charge is -2.03. The second kappa shape index (κ2) is 4.47. The zero-order chi connectivity index (χ0) is 9.68. The number of nitrogens with zero attached hydrogens (tertiary/aromatic N) is 4. The van der Waals surface area contributed by atoms with Gasteiger partial charge in [0.2, 0.25) is 11.0 Å². The molecule has 1 heterocycles. The Morgan fingerprint density at radius 1 is 1.85 bits per heavy atom. The molecule has 0 saturated heterocycles. The van der Waals surface area contributed by atoms with Gasteiger partial charge in [-0.05, 0) is 11.6 Å². The number of carbonyl (C=O) groups is 1. The van der Waals surface area contributed by atoms with Gasteiger partial charge in [0.05, 0.1) is 6.07 Å². The monoisotopic (exact) mass is 197 g/mol. The van der Waals surface area contributed by atoms with E-state index in [1.165, 1.54) is 0 Å². The fourth-order valence-electron chi connectivity index (χ4n) is 0.710. The van der Waals surface area contributed by atoms with Crippen molar-refractivity contribution >= 4 is 22.6 Å². The first-order valence-corrected chi connectivity index (χ1v) is 4.40. The first-order valence-electron chi connectivity index (χ1n) is 3.63. The molecule has 0 aliphatic heterocycles. The number of amides is 1. The van der Waals surface area contributed by atoms with Crippen molar-refractivity contribution in [3.8, 4) is 6.07 Å². The van der Waals surface area contributed by atoms with E-state index in [-0.39, 0.29) is 5.91 Å². The Morgan fingerprint density at radius 3 is 3.08 bits per heavy atom. The molecule has 0 spiro atoms. The predicted molar refractivity (Wildman–Crippen MR) is 45.7 cm³/mol. The maximum absolute atomic E-state index is 11.3. The van der Waals surface area contributed by atoms with Gasteiger partial charge in [0.1, 0.15) is 5.92 Å². The Bertz CT molecular complexity index is 316. The number of anilines is 1. The zero-order valence-electron chi connectivity index (χ0n) is 6.89. The zero-order valence-corrected chi connectivity index (χ0v) is 7.71. The Morgan fingerprint density at radius 2 is 2.62 bits per heavy atom. The molecular formula is C6H7N5OS. The van der Waals surface area contributed by atoms with Crippen LogP contribution in [0.5, 0.6) is 0 Å². The third-order valence-corrected chi connectivity index (χ3v) is 1.92. The lowest BCUT2D eigenvalue weighted by molar-refractivity contribution is -0.118. The van der Waals surface area contributed by atoms with Crippen LogP contribution in [0.1, 0.15) is 13.3 Å². The smallest absolute Gasteiger partial charge is 0.243 e. The minimum absolute atomic E-state index is 0.318. The standard InChI is InChI=1S/C6H7N5OS/c1-2-4(3-7)5(12)8-6-9-10-11-13-6/h4H,2H2,1H3,(H,8,9,11,12). The fraction of sp³-hybridized carbons (Fsp3) is 0.500. The van der Waals surface area contributed by atoms with Crippen molar-refractivity contribution in [3.05, 3.63) is 0 Å². The van der Waals surface area contributed by atoms with Crippen LogP contribution in [0.2, 0.25) is 0 Å². The molecule has 1 unspecified atom stereocenters. The van der Waals surface area contributed by atoms with Gasteiger partial charge < -0.3 is 0 Å². The number of rotatable bonds is 3. The summed E-state index contributed by atoms with van der Waals surface area (Å²) in [6, 6.07) is 1.89. The van der Waals surface area contributed by atoms with Gasteiger partial charge in [0.25, 0.3) is 0 Å². The number of nitrogens with one attached hydrogen (secondary N) is 1. The van der Waals surface area contributed by atoms with Crippen molar-refractivity contribution in [2.45, 2.75) is 13.3 Å². The van der Waals surface area contributed by atoms with E-state index in [0.29, 0.717) is 11.6 Å². The molecule has 1 aromatic heterocycles. The number of aromatic nitrogens is 3. The van der Waals surface area contributed by atoms with Crippen molar-refractivity contribution in [3.63, 3.8) is 0 Å². The molecular weight excluding hydrogens is 190 g/mol. The van der Waals surface area contributed by atoms with Crippen LogP contribution in [-0.2, 0) is 4.79 Å². The second-order valence-electron chi connectivity index (χ2n) is 2.25. The van der Waals surface area contributed by atoms with Crippen LogP contribution >= 0.6 is 11.5 Å². The van der Waals surface area contributed by atoms with Gasteiger partial charge in [-0.3, -0.25) is 10.1 Å². The molecule has 1 rings (SSSR count). The van der Waals surface area contributed by atoms with Crippen molar-refractivity contribution in [2.75, 3.05) is 5.32 Å². The third kappa shape index (κ3) is 2.45. The van der Waals surface area contributed by atoms with Gasteiger partial charge in [0, 0.05) is 11.5 Å². The Labute approximate surface area is 78.7 Å². The molecule has 1 N–H and O–H groups in total. The largest absolute Gasteiger partial charge is 0.298 e. The van der Waals surface area contributed by atoms with Crippen molar-refractivity contribution in [1.29, 1.82) is 5.26 Å². The molecule has 7 heteroatoms. The molecule has 0 radical (unpaired) electrons. The quantitative estimate of drug-likeness (QED) is 0.758. The first kappa shape index (κ1) is 9.54. The molecule has 68 valence electrons. The summed E-state index contributed by atoms with van der Waals surface area (Å²) in [5, 5.41) is 18.2. The number of nitriles is 1. The van der Waals surface area contributed by atoms with Crippen LogP contribution in [-0.4, -0.2) is 20.7 Å². The highest BCUT2D eigenvalue weighted by molar-refractivity contribution is 7.09. The van der Waals surface area contributed by atoms with Gasteiger partial charge in [-0.2, -0.15) is 5.26 Å². The van der Waals surface area contributed by atoms with Crippen molar-refractivity contribution in [1.82, 2.24) is 14.8 Å². The van der Waals surface area contributed by atoms with Gasteiger partial charge in [0.15, 0.2) is 0 Å². The molecule has 6 nitrogen and oxygen atoms in total. The normalized spacial score (nSPS) is 11.7. The van der Waals surface area contributed by atoms with Crippen LogP contribution in [0.4, 0.5) is 5.13 Å². The second-order valence-corrected chi connectivity index (χ2v) is 2.98. The average Bonchev–Trinajstić information content (AvgIpc) is 2.59. The highest BCUT2D eigenvalue weighted by atomic mass is 32.1. The van der Waals surface area contributed by atoms with Crippen LogP contribution in [0.25, 0.3) is 0 Å². The summed E-state index contributed by atoms with van der Waals surface area (Å²) < 4.78 is 3.47. The van der Waals surface area contributed by atoms with Gasteiger partial charge in [-0.25, -0.2) is 0 Å². The van der Waals surface area contributed by atoms with Crippen molar-refractivity contribution < 1.29 is 4.79 Å². The van der Waals surface area contributed by atoms with E-state index in [4.69, 9.17) is 5.26 Å². The van der Waals surface area contributed by atoms with Crippen LogP contribution < -0.4 is 5.32 Å². The highest BCUT2D eigenvalue weighted by Gasteiger charge is 2.16. The summed E-state index contributed by atoms with van der Waals surface area (Å²) in [7, 11) is 0. The molecule has 1 aromatic rings. The average molecular weight is 197 g/mol. The SMILES string of the molecule is CCC(C#N)C(=O)Nc1nnns1. The van der Waals surface area contributed by atoms with Crippen LogP contribution in [0, 0.1) is 17.2 Å². The van der Waals surface area contributed by atoms with E-state index < -0.39 is 5.92 Å². The molecule has 0 aliphatic rings. The molecule has 0 bridgehead atoms. The third-order valence-electron chi connectivity index (χ3n) is 1.41. The van der Waals surface area contributed by atoms with E-state index in [2.05, 4.69) is 20.1 Å². The van der Waals surface area contributed by atoms with E-state index in [1.807, 2.05) is 6.07 Å². The summed E-state index contributed by atoms with van der Waals surface area (Å²) in [6.45, 7) is 1.77. The molecule has 1 atom stereocenters. The summed E-state index contributed by atoms with van der Waals surface area (Å²) in [5.74, 6) is -0.993. The predicted octanol–water partition coefficient (Wildman–Crippen LogP) is 0.421. The summed E-state index contributed by atoms with van der Waals surface area (Å²) in [6.07, 6.45) is 0.481. The minimum atomic E-state index is -0.635. The number of hydrogen-bond acceptors (Lipinski definition) is 6. The lowest BCUT2D eigenvalue weighted by Crippen LogP contribution is -2.20. The maximum Gasteiger partial charge on any atom is 0.243 e. The van der Waals surface area contributed by atoms with Gasteiger partial charge in [-0.15, -0.1) is 0 Å². The van der Waals surface area contributed by atoms with E-state index in [1.54, 1.807) is 6.92 Å². The van der Waals surface area contributed by atoms with Gasteiger partial charge in [-0.1, -0.05) is 16.5 Å². The van der Waals surface area contributed by atoms with Crippen molar-refractivity contribution in [2.24, 2.45) is 5.92 Å². The van der Waals surface area contributed by atoms with Crippen LogP contribution in [0.3, 0.4) is 0 Å². The molecule has 0 aliphatic carbocycles. The first-order chi connectivity index (χ1) is 6.27. The topological polar surface area (TPSA) is 91.6 Å².